The minimum absolute atomic E-state index is 0.113. The molecule has 2 N–H and O–H groups in total. The number of thiophene rings is 1. The zero-order valence-electron chi connectivity index (χ0n) is 8.51. The number of hydrogen-bond donors (Lipinski definition) is 2. The average molecular weight is 233 g/mol. The lowest BCUT2D eigenvalue weighted by atomic mass is 10.2. The molecule has 0 atom stereocenters. The largest absolute Gasteiger partial charge is 0.508 e. The van der Waals surface area contributed by atoms with Crippen molar-refractivity contribution in [3.05, 3.63) is 52.2 Å². The molecule has 0 spiro atoms. The zero-order valence-corrected chi connectivity index (χ0v) is 9.33. The smallest absolute Gasteiger partial charge is 0.261 e. The predicted molar refractivity (Wildman–Crippen MR) is 63.6 cm³/mol. The Balaban J connectivity index is 1.98. The van der Waals surface area contributed by atoms with Gasteiger partial charge in [0.15, 0.2) is 0 Å². The highest BCUT2D eigenvalue weighted by molar-refractivity contribution is 7.12. The summed E-state index contributed by atoms with van der Waals surface area (Å²) >= 11 is 1.40. The molecule has 0 saturated carbocycles. The van der Waals surface area contributed by atoms with Gasteiger partial charge in [-0.2, -0.15) is 0 Å². The van der Waals surface area contributed by atoms with E-state index in [1.165, 1.54) is 11.3 Å². The van der Waals surface area contributed by atoms with Crippen LogP contribution >= 0.6 is 11.3 Å². The van der Waals surface area contributed by atoms with Crippen LogP contribution in [0.2, 0.25) is 0 Å². The third kappa shape index (κ3) is 2.41. The number of phenols is 1. The van der Waals surface area contributed by atoms with Gasteiger partial charge >= 0.3 is 0 Å². The molecule has 16 heavy (non-hydrogen) atoms. The number of para-hydroxylation sites is 1. The molecular weight excluding hydrogens is 222 g/mol. The van der Waals surface area contributed by atoms with E-state index in [4.69, 9.17) is 0 Å². The van der Waals surface area contributed by atoms with Gasteiger partial charge in [-0.3, -0.25) is 4.79 Å². The van der Waals surface area contributed by atoms with E-state index in [2.05, 4.69) is 5.32 Å². The van der Waals surface area contributed by atoms with Gasteiger partial charge in [0, 0.05) is 12.1 Å². The fourth-order valence-electron chi connectivity index (χ4n) is 1.33. The summed E-state index contributed by atoms with van der Waals surface area (Å²) in [6.45, 7) is 0.337. The van der Waals surface area contributed by atoms with Crippen molar-refractivity contribution in [1.82, 2.24) is 5.32 Å². The first-order chi connectivity index (χ1) is 7.77. The third-order valence-corrected chi connectivity index (χ3v) is 3.04. The number of benzene rings is 1. The van der Waals surface area contributed by atoms with E-state index < -0.39 is 0 Å². The van der Waals surface area contributed by atoms with Crippen LogP contribution in [0.5, 0.6) is 5.75 Å². The number of nitrogens with one attached hydrogen (secondary N) is 1. The second-order valence-corrected chi connectivity index (χ2v) is 4.24. The molecule has 1 aromatic heterocycles. The van der Waals surface area contributed by atoms with E-state index in [0.717, 1.165) is 0 Å². The highest BCUT2D eigenvalue weighted by atomic mass is 32.1. The monoisotopic (exact) mass is 233 g/mol. The number of aromatic hydroxyl groups is 1. The number of carbonyl (C=O) groups is 1. The normalized spacial score (nSPS) is 10.0. The van der Waals surface area contributed by atoms with Crippen molar-refractivity contribution in [2.75, 3.05) is 0 Å². The van der Waals surface area contributed by atoms with Gasteiger partial charge in [-0.15, -0.1) is 11.3 Å². The molecule has 0 unspecified atom stereocenters. The van der Waals surface area contributed by atoms with Crippen molar-refractivity contribution >= 4 is 17.2 Å². The van der Waals surface area contributed by atoms with Crippen LogP contribution in [-0.4, -0.2) is 11.0 Å². The molecule has 2 rings (SSSR count). The summed E-state index contributed by atoms with van der Waals surface area (Å²) in [5, 5.41) is 14.1. The Labute approximate surface area is 97.4 Å². The van der Waals surface area contributed by atoms with Gasteiger partial charge in [-0.25, -0.2) is 0 Å². The molecular formula is C12H11NO2S. The van der Waals surface area contributed by atoms with Crippen molar-refractivity contribution < 1.29 is 9.90 Å². The van der Waals surface area contributed by atoms with E-state index in [9.17, 15) is 9.90 Å². The number of phenolic OH excluding ortho intramolecular Hbond substituents is 1. The molecule has 0 aliphatic carbocycles. The molecule has 0 saturated heterocycles. The van der Waals surface area contributed by atoms with Crippen LogP contribution in [0.1, 0.15) is 15.2 Å². The fourth-order valence-corrected chi connectivity index (χ4v) is 1.97. The molecule has 0 radical (unpaired) electrons. The molecule has 4 heteroatoms. The fraction of sp³-hybridized carbons (Fsp3) is 0.0833. The van der Waals surface area contributed by atoms with E-state index >= 15 is 0 Å². The second-order valence-electron chi connectivity index (χ2n) is 3.29. The molecule has 1 amide bonds. The van der Waals surface area contributed by atoms with Crippen molar-refractivity contribution in [1.29, 1.82) is 0 Å². The minimum Gasteiger partial charge on any atom is -0.508 e. The number of rotatable bonds is 3. The summed E-state index contributed by atoms with van der Waals surface area (Å²) in [6, 6.07) is 10.6. The summed E-state index contributed by atoms with van der Waals surface area (Å²) < 4.78 is 0. The van der Waals surface area contributed by atoms with E-state index in [0.29, 0.717) is 17.0 Å². The zero-order chi connectivity index (χ0) is 11.4. The topological polar surface area (TPSA) is 49.3 Å². The Morgan fingerprint density at radius 2 is 2.06 bits per heavy atom. The van der Waals surface area contributed by atoms with Crippen LogP contribution in [0, 0.1) is 0 Å². The summed E-state index contributed by atoms with van der Waals surface area (Å²) in [7, 11) is 0. The van der Waals surface area contributed by atoms with E-state index in [-0.39, 0.29) is 11.7 Å². The standard InChI is InChI=1S/C12H11NO2S/c14-10-5-2-1-4-9(10)8-13-12(15)11-6-3-7-16-11/h1-7,14H,8H2,(H,13,15). The number of carbonyl (C=O) groups excluding carboxylic acids is 1. The molecule has 0 bridgehead atoms. The average Bonchev–Trinajstić information content (AvgIpc) is 2.81. The lowest BCUT2D eigenvalue weighted by Gasteiger charge is -2.05. The first-order valence-corrected chi connectivity index (χ1v) is 5.74. The summed E-state index contributed by atoms with van der Waals surface area (Å²) in [5.41, 5.74) is 0.715. The van der Waals surface area contributed by atoms with Crippen molar-refractivity contribution in [3.63, 3.8) is 0 Å². The van der Waals surface area contributed by atoms with Crippen molar-refractivity contribution in [3.8, 4) is 5.75 Å². The summed E-state index contributed by atoms with van der Waals surface area (Å²) in [5.74, 6) is 0.0900. The summed E-state index contributed by atoms with van der Waals surface area (Å²) in [4.78, 5) is 12.3. The van der Waals surface area contributed by atoms with Gasteiger partial charge in [0.2, 0.25) is 0 Å². The molecule has 82 valence electrons. The minimum atomic E-state index is -0.113. The molecule has 1 heterocycles. The van der Waals surface area contributed by atoms with Gasteiger partial charge in [0.1, 0.15) is 5.75 Å². The van der Waals surface area contributed by atoms with Crippen LogP contribution in [0.15, 0.2) is 41.8 Å². The van der Waals surface area contributed by atoms with Crippen LogP contribution in [0.25, 0.3) is 0 Å². The maximum Gasteiger partial charge on any atom is 0.261 e. The maximum absolute atomic E-state index is 11.6. The van der Waals surface area contributed by atoms with E-state index in [1.54, 1.807) is 24.3 Å². The second kappa shape index (κ2) is 4.81. The third-order valence-electron chi connectivity index (χ3n) is 2.18. The van der Waals surface area contributed by atoms with Crippen molar-refractivity contribution in [2.45, 2.75) is 6.54 Å². The maximum atomic E-state index is 11.6. The SMILES string of the molecule is O=C(NCc1ccccc1O)c1cccs1. The lowest BCUT2D eigenvalue weighted by molar-refractivity contribution is 0.0955. The van der Waals surface area contributed by atoms with Crippen molar-refractivity contribution in [2.24, 2.45) is 0 Å². The Bertz CT molecular complexity index is 480. The first-order valence-electron chi connectivity index (χ1n) is 4.86. The highest BCUT2D eigenvalue weighted by Crippen LogP contribution is 2.15. The van der Waals surface area contributed by atoms with Crippen LogP contribution in [0.4, 0.5) is 0 Å². The van der Waals surface area contributed by atoms with Crippen LogP contribution in [-0.2, 0) is 6.54 Å². The summed E-state index contributed by atoms with van der Waals surface area (Å²) in [6.07, 6.45) is 0. The van der Waals surface area contributed by atoms with Gasteiger partial charge in [-0.1, -0.05) is 24.3 Å². The van der Waals surface area contributed by atoms with Crippen LogP contribution < -0.4 is 5.32 Å². The van der Waals surface area contributed by atoms with Crippen LogP contribution in [0.3, 0.4) is 0 Å². The van der Waals surface area contributed by atoms with Gasteiger partial charge in [0.05, 0.1) is 4.88 Å². The quantitative estimate of drug-likeness (QED) is 0.855. The number of hydrogen-bond acceptors (Lipinski definition) is 3. The molecule has 0 aliphatic heterocycles. The Kier molecular flexibility index (Phi) is 3.22. The number of amides is 1. The molecule has 1 aromatic carbocycles. The molecule has 0 fully saturated rings. The first kappa shape index (κ1) is 10.7. The van der Waals surface area contributed by atoms with Gasteiger partial charge < -0.3 is 10.4 Å². The Morgan fingerprint density at radius 1 is 1.25 bits per heavy atom. The highest BCUT2D eigenvalue weighted by Gasteiger charge is 2.06. The van der Waals surface area contributed by atoms with Gasteiger partial charge in [0.25, 0.3) is 5.91 Å². The van der Waals surface area contributed by atoms with E-state index in [1.807, 2.05) is 17.5 Å². The Morgan fingerprint density at radius 3 is 2.75 bits per heavy atom. The Hall–Kier alpha value is -1.81. The van der Waals surface area contributed by atoms with Gasteiger partial charge in [-0.05, 0) is 17.5 Å². The molecule has 2 aromatic rings. The molecule has 3 nitrogen and oxygen atoms in total. The predicted octanol–water partition coefficient (Wildman–Crippen LogP) is 2.38. The molecule has 0 aliphatic rings. The lowest BCUT2D eigenvalue weighted by Crippen LogP contribution is -2.21.